The summed E-state index contributed by atoms with van der Waals surface area (Å²) in [4.78, 5) is 9.70. The van der Waals surface area contributed by atoms with Crippen LogP contribution < -0.4 is 0 Å². The van der Waals surface area contributed by atoms with Crippen molar-refractivity contribution in [2.45, 2.75) is 13.8 Å². The second-order valence-corrected chi connectivity index (χ2v) is 1.49. The number of rotatable bonds is 1. The largest absolute Gasteiger partial charge is 0.481 e. The first-order valence-electron chi connectivity index (χ1n) is 1.87. The molecule has 2 nitrogen and oxygen atoms in total. The van der Waals surface area contributed by atoms with Crippen LogP contribution in [0.25, 0.3) is 0 Å². The zero-order chi connectivity index (χ0) is 5.15. The molecule has 0 amide bonds. The third-order valence-electron chi connectivity index (χ3n) is 0.494. The quantitative estimate of drug-likeness (QED) is 0.731. The van der Waals surface area contributed by atoms with E-state index < -0.39 is 5.97 Å². The molecule has 0 spiro atoms. The van der Waals surface area contributed by atoms with E-state index in [2.05, 4.69) is 0 Å². The van der Waals surface area contributed by atoms with E-state index in [1.54, 1.807) is 13.8 Å². The smallest absolute Gasteiger partial charge is 0.305 e. The van der Waals surface area contributed by atoms with Crippen molar-refractivity contribution >= 4 is 5.97 Å². The van der Waals surface area contributed by atoms with Crippen LogP contribution in [-0.2, 0) is 4.79 Å². The molecule has 0 aromatic rings. The molecule has 0 saturated heterocycles. The van der Waals surface area contributed by atoms with Gasteiger partial charge in [0.05, 0.1) is 5.92 Å². The molecule has 1 N–H and O–H groups in total. The zero-order valence-corrected chi connectivity index (χ0v) is 6.96. The van der Waals surface area contributed by atoms with E-state index in [9.17, 15) is 4.79 Å². The van der Waals surface area contributed by atoms with Gasteiger partial charge in [-0.15, -0.1) is 0 Å². The van der Waals surface area contributed by atoms with Gasteiger partial charge < -0.3 is 5.11 Å². The van der Waals surface area contributed by atoms with Gasteiger partial charge in [-0.2, -0.15) is 0 Å². The molecular weight excluding hydrogens is 230 g/mol. The Bertz CT molecular complexity index is 60.7. The van der Waals surface area contributed by atoms with Crippen molar-refractivity contribution in [3.8, 4) is 0 Å². The van der Waals surface area contributed by atoms with E-state index in [1.165, 1.54) is 0 Å². The van der Waals surface area contributed by atoms with Gasteiger partial charge in [0.15, 0.2) is 0 Å². The molecule has 0 bridgehead atoms. The fraction of sp³-hybridized carbons (Fsp3) is 0.750. The summed E-state index contributed by atoms with van der Waals surface area (Å²) in [7, 11) is 0. The zero-order valence-electron chi connectivity index (χ0n) is 4.34. The maximum absolute atomic E-state index is 9.70. The van der Waals surface area contributed by atoms with Gasteiger partial charge in [0, 0.05) is 40.4 Å². The minimum Gasteiger partial charge on any atom is -0.481 e. The van der Waals surface area contributed by atoms with Crippen molar-refractivity contribution in [1.82, 2.24) is 0 Å². The van der Waals surface area contributed by atoms with Crippen LogP contribution in [0.2, 0.25) is 0 Å². The molecule has 0 aromatic heterocycles. The Morgan fingerprint density at radius 1 is 1.57 bits per heavy atom. The number of aliphatic carboxylic acids is 1. The van der Waals surface area contributed by atoms with Gasteiger partial charge in [0.2, 0.25) is 0 Å². The number of carboxylic acids is 1. The Balaban J connectivity index is 0. The molecule has 0 aliphatic rings. The Morgan fingerprint density at radius 2 is 1.71 bits per heavy atom. The van der Waals surface area contributed by atoms with Crippen LogP contribution in [-0.4, -0.2) is 11.1 Å². The van der Waals surface area contributed by atoms with Crippen LogP contribution in [0.15, 0.2) is 0 Å². The molecule has 3 heteroatoms. The minimum absolute atomic E-state index is 0. The molecule has 0 aliphatic carbocycles. The first kappa shape index (κ1) is 10.7. The van der Waals surface area contributed by atoms with Gasteiger partial charge in [-0.3, -0.25) is 4.79 Å². The van der Waals surface area contributed by atoms with E-state index in [4.69, 9.17) is 5.11 Å². The third-order valence-corrected chi connectivity index (χ3v) is 0.494. The van der Waals surface area contributed by atoms with Crippen LogP contribution in [0.5, 0.6) is 0 Å². The summed E-state index contributed by atoms with van der Waals surface area (Å²) in [5, 5.41) is 7.99. The normalized spacial score (nSPS) is 7.86. The van der Waals surface area contributed by atoms with E-state index in [-0.39, 0.29) is 46.3 Å². The second kappa shape index (κ2) is 4.95. The number of carbonyl (C=O) groups is 1. The average Bonchev–Trinajstić information content (AvgIpc) is 1.36. The van der Waals surface area contributed by atoms with Gasteiger partial charge in [0.1, 0.15) is 0 Å². The monoisotopic (exact) mass is 240 g/mol. The average molecular weight is 238 g/mol. The van der Waals surface area contributed by atoms with E-state index in [1.807, 2.05) is 0 Å². The van der Waals surface area contributed by atoms with Crippen molar-refractivity contribution in [1.29, 1.82) is 0 Å². The predicted molar refractivity (Wildman–Crippen MR) is 22.5 cm³/mol. The van der Waals surface area contributed by atoms with Gasteiger partial charge in [-0.1, -0.05) is 13.8 Å². The molecule has 0 saturated carbocycles. The predicted octanol–water partition coefficient (Wildman–Crippen LogP) is 0.727. The summed E-state index contributed by atoms with van der Waals surface area (Å²) in [6, 6.07) is 0. The van der Waals surface area contributed by atoms with E-state index in [0.717, 1.165) is 0 Å². The maximum Gasteiger partial charge on any atom is 0.305 e. The van der Waals surface area contributed by atoms with Crippen LogP contribution >= 0.6 is 0 Å². The number of hydrogen-bond acceptors (Lipinski definition) is 1. The van der Waals surface area contributed by atoms with Crippen LogP contribution in [0.4, 0.5) is 0 Å². The van der Waals surface area contributed by atoms with Crippen molar-refractivity contribution in [3.05, 3.63) is 0 Å². The third kappa shape index (κ3) is 6.81. The van der Waals surface area contributed by atoms with Crippen molar-refractivity contribution in [3.63, 3.8) is 0 Å². The molecule has 0 radical (unpaired) electrons. The summed E-state index contributed by atoms with van der Waals surface area (Å²) in [6.45, 7) is 3.28. The maximum atomic E-state index is 9.70. The van der Waals surface area contributed by atoms with Gasteiger partial charge in [-0.05, 0) is 0 Å². The van der Waals surface area contributed by atoms with Crippen LogP contribution in [0.3, 0.4) is 0 Å². The molecule has 0 unspecified atom stereocenters. The fourth-order valence-electron chi connectivity index (χ4n) is 0. The van der Waals surface area contributed by atoms with Crippen molar-refractivity contribution in [2.75, 3.05) is 0 Å². The second-order valence-electron chi connectivity index (χ2n) is 1.49. The molecule has 0 atom stereocenters. The minimum atomic E-state index is -0.741. The molecule has 7 heavy (non-hydrogen) atoms. The standard InChI is InChI=1S/C4H8O2.Sm/c1-3(2)4(5)6;/h3H,1-2H3,(H,5,6);. The summed E-state index contributed by atoms with van der Waals surface area (Å²) in [5.41, 5.74) is 0. The molecular formula is C4H8O2Sm. The summed E-state index contributed by atoms with van der Waals surface area (Å²) >= 11 is 0. The number of carboxylic acid groups (broad SMARTS) is 1. The van der Waals surface area contributed by atoms with Crippen LogP contribution in [0.1, 0.15) is 13.8 Å². The molecule has 0 heterocycles. The summed E-state index contributed by atoms with van der Waals surface area (Å²) in [6.07, 6.45) is 0. The molecule has 42 valence electrons. The first-order chi connectivity index (χ1) is 2.64. The molecule has 0 aromatic carbocycles. The first-order valence-corrected chi connectivity index (χ1v) is 1.87. The van der Waals surface area contributed by atoms with Gasteiger partial charge in [-0.25, -0.2) is 0 Å². The topological polar surface area (TPSA) is 37.3 Å². The van der Waals surface area contributed by atoms with E-state index in [0.29, 0.717) is 0 Å². The molecule has 0 fully saturated rings. The summed E-state index contributed by atoms with van der Waals surface area (Å²) < 4.78 is 0. The van der Waals surface area contributed by atoms with Gasteiger partial charge >= 0.3 is 5.97 Å². The number of hydrogen-bond donors (Lipinski definition) is 1. The Hall–Kier alpha value is 0.808. The van der Waals surface area contributed by atoms with E-state index >= 15 is 0 Å². The fourth-order valence-corrected chi connectivity index (χ4v) is 0. The van der Waals surface area contributed by atoms with Crippen molar-refractivity contribution < 1.29 is 50.3 Å². The molecule has 0 aliphatic heterocycles. The Labute approximate surface area is 75.4 Å². The van der Waals surface area contributed by atoms with Crippen LogP contribution in [0, 0.1) is 46.3 Å². The SMILES string of the molecule is CC(C)C(=O)O.[Sm]. The summed E-state index contributed by atoms with van der Waals surface area (Å²) in [5.74, 6) is -0.972. The van der Waals surface area contributed by atoms with Gasteiger partial charge in [0.25, 0.3) is 0 Å². The molecule has 0 rings (SSSR count). The van der Waals surface area contributed by atoms with Crippen molar-refractivity contribution in [2.24, 2.45) is 5.92 Å². The Morgan fingerprint density at radius 3 is 1.71 bits per heavy atom. The Kier molecular flexibility index (Phi) is 7.59.